The van der Waals surface area contributed by atoms with Crippen molar-refractivity contribution in [1.82, 2.24) is 0 Å². The summed E-state index contributed by atoms with van der Waals surface area (Å²) >= 11 is 0. The summed E-state index contributed by atoms with van der Waals surface area (Å²) in [5.41, 5.74) is 5.88. The fourth-order valence-electron chi connectivity index (χ4n) is 1.33. The molecule has 0 amide bonds. The van der Waals surface area contributed by atoms with E-state index >= 15 is 0 Å². The molecule has 0 saturated heterocycles. The molecule has 4 heteroatoms. The second-order valence-corrected chi connectivity index (χ2v) is 3.09. The molecule has 0 fully saturated rings. The topological polar surface area (TPSA) is 35.2 Å². The molecule has 0 atom stereocenters. The Morgan fingerprint density at radius 1 is 1.43 bits per heavy atom. The van der Waals surface area contributed by atoms with Crippen LogP contribution in [0.15, 0.2) is 18.2 Å². The smallest absolute Gasteiger partial charge is 0.274 e. The summed E-state index contributed by atoms with van der Waals surface area (Å²) in [6.45, 7) is 1.03. The molecule has 2 nitrogen and oxygen atoms in total. The van der Waals surface area contributed by atoms with Crippen LogP contribution in [0.3, 0.4) is 0 Å². The summed E-state index contributed by atoms with van der Waals surface area (Å²) in [5, 5.41) is 0. The Hall–Kier alpha value is -1.16. The van der Waals surface area contributed by atoms with E-state index in [1.807, 2.05) is 0 Å². The molecule has 0 spiro atoms. The molecule has 0 bridgehead atoms. The van der Waals surface area contributed by atoms with Crippen molar-refractivity contribution in [1.29, 1.82) is 0 Å². The lowest BCUT2D eigenvalue weighted by atomic mass is 10.0. The Labute approximate surface area is 81.7 Å². The van der Waals surface area contributed by atoms with E-state index in [1.165, 1.54) is 13.2 Å². The second kappa shape index (κ2) is 3.92. The number of para-hydroxylation sites is 1. The maximum atomic E-state index is 13.1. The van der Waals surface area contributed by atoms with Crippen molar-refractivity contribution in [2.75, 3.05) is 7.11 Å². The minimum Gasteiger partial charge on any atom is -0.496 e. The minimum atomic E-state index is -2.91. The molecule has 0 aromatic heterocycles. The molecule has 1 aromatic rings. The van der Waals surface area contributed by atoms with Crippen molar-refractivity contribution in [3.8, 4) is 5.75 Å². The lowest BCUT2D eigenvalue weighted by molar-refractivity contribution is 0.0149. The molecule has 0 radical (unpaired) electrons. The van der Waals surface area contributed by atoms with Gasteiger partial charge < -0.3 is 10.5 Å². The molecule has 0 heterocycles. The number of alkyl halides is 2. The molecule has 14 heavy (non-hydrogen) atoms. The predicted molar refractivity (Wildman–Crippen MR) is 50.5 cm³/mol. The fraction of sp³-hybridized carbons (Fsp3) is 0.400. The Bertz CT molecular complexity index is 320. The van der Waals surface area contributed by atoms with Crippen LogP contribution in [0.25, 0.3) is 0 Å². The van der Waals surface area contributed by atoms with Gasteiger partial charge in [-0.1, -0.05) is 12.1 Å². The van der Waals surface area contributed by atoms with Gasteiger partial charge in [-0.05, 0) is 6.07 Å². The largest absolute Gasteiger partial charge is 0.496 e. The maximum Gasteiger partial charge on any atom is 0.274 e. The molecule has 2 N–H and O–H groups in total. The number of halogens is 2. The highest BCUT2D eigenvalue weighted by atomic mass is 19.3. The minimum absolute atomic E-state index is 0.122. The normalized spacial score (nSPS) is 11.5. The number of benzene rings is 1. The summed E-state index contributed by atoms with van der Waals surface area (Å²) in [7, 11) is 1.36. The van der Waals surface area contributed by atoms with Gasteiger partial charge in [-0.15, -0.1) is 0 Å². The average Bonchev–Trinajstić information content (AvgIpc) is 2.15. The Morgan fingerprint density at radius 2 is 2.07 bits per heavy atom. The van der Waals surface area contributed by atoms with E-state index < -0.39 is 5.92 Å². The van der Waals surface area contributed by atoms with Gasteiger partial charge in [-0.3, -0.25) is 0 Å². The molecule has 1 rings (SSSR count). The van der Waals surface area contributed by atoms with Gasteiger partial charge >= 0.3 is 0 Å². The molecule has 78 valence electrons. The number of hydrogen-bond donors (Lipinski definition) is 1. The quantitative estimate of drug-likeness (QED) is 0.814. The van der Waals surface area contributed by atoms with Crippen LogP contribution < -0.4 is 10.5 Å². The van der Waals surface area contributed by atoms with Gasteiger partial charge in [-0.2, -0.15) is 0 Å². The zero-order valence-corrected chi connectivity index (χ0v) is 8.18. The van der Waals surface area contributed by atoms with E-state index in [2.05, 4.69) is 0 Å². The number of methoxy groups -OCH3 is 1. The maximum absolute atomic E-state index is 13.1. The third kappa shape index (κ3) is 2.01. The van der Waals surface area contributed by atoms with Crippen LogP contribution in [0, 0.1) is 0 Å². The van der Waals surface area contributed by atoms with Gasteiger partial charge in [0, 0.05) is 19.0 Å². The van der Waals surface area contributed by atoms with Crippen molar-refractivity contribution in [2.45, 2.75) is 19.4 Å². The Morgan fingerprint density at radius 3 is 2.50 bits per heavy atom. The summed E-state index contributed by atoms with van der Waals surface area (Å²) in [4.78, 5) is 0. The SMILES string of the molecule is COc1c(CN)cccc1C(C)(F)F. The van der Waals surface area contributed by atoms with Crippen molar-refractivity contribution in [2.24, 2.45) is 5.73 Å². The second-order valence-electron chi connectivity index (χ2n) is 3.09. The summed E-state index contributed by atoms with van der Waals surface area (Å²) in [6, 6.07) is 4.57. The van der Waals surface area contributed by atoms with Crippen LogP contribution in [0.1, 0.15) is 18.1 Å². The molecule has 0 aliphatic carbocycles. The first-order chi connectivity index (χ1) is 6.50. The first-order valence-electron chi connectivity index (χ1n) is 4.25. The fourth-order valence-corrected chi connectivity index (χ4v) is 1.33. The molecule has 0 aliphatic rings. The average molecular weight is 201 g/mol. The van der Waals surface area contributed by atoms with Gasteiger partial charge in [0.1, 0.15) is 5.75 Å². The first kappa shape index (κ1) is 10.9. The number of hydrogen-bond acceptors (Lipinski definition) is 2. The van der Waals surface area contributed by atoms with E-state index in [4.69, 9.17) is 10.5 Å². The highest BCUT2D eigenvalue weighted by Crippen LogP contribution is 2.36. The van der Waals surface area contributed by atoms with Crippen LogP contribution in [0.5, 0.6) is 5.75 Å². The van der Waals surface area contributed by atoms with Crippen LogP contribution in [-0.2, 0) is 12.5 Å². The number of nitrogens with two attached hydrogens (primary N) is 1. The molecule has 0 aliphatic heterocycles. The molecular formula is C10H13F2NO. The number of ether oxygens (including phenoxy) is 1. The zero-order chi connectivity index (χ0) is 10.8. The van der Waals surface area contributed by atoms with Gasteiger partial charge in [0.05, 0.1) is 12.7 Å². The zero-order valence-electron chi connectivity index (χ0n) is 8.18. The van der Waals surface area contributed by atoms with Gasteiger partial charge in [0.15, 0.2) is 0 Å². The molecule has 1 aromatic carbocycles. The van der Waals surface area contributed by atoms with E-state index in [9.17, 15) is 8.78 Å². The van der Waals surface area contributed by atoms with Gasteiger partial charge in [0.2, 0.25) is 0 Å². The third-order valence-corrected chi connectivity index (χ3v) is 1.99. The van der Waals surface area contributed by atoms with E-state index in [0.717, 1.165) is 6.92 Å². The van der Waals surface area contributed by atoms with Crippen LogP contribution in [0.4, 0.5) is 8.78 Å². The molecular weight excluding hydrogens is 188 g/mol. The highest BCUT2D eigenvalue weighted by molar-refractivity contribution is 5.43. The van der Waals surface area contributed by atoms with Gasteiger partial charge in [0.25, 0.3) is 5.92 Å². The van der Waals surface area contributed by atoms with Crippen LogP contribution in [-0.4, -0.2) is 7.11 Å². The monoisotopic (exact) mass is 201 g/mol. The summed E-state index contributed by atoms with van der Waals surface area (Å²) in [5.74, 6) is -2.72. The summed E-state index contributed by atoms with van der Waals surface area (Å²) < 4.78 is 31.1. The molecule has 0 unspecified atom stereocenters. The summed E-state index contributed by atoms with van der Waals surface area (Å²) in [6.07, 6.45) is 0. The first-order valence-corrected chi connectivity index (χ1v) is 4.25. The van der Waals surface area contributed by atoms with Crippen molar-refractivity contribution >= 4 is 0 Å². The van der Waals surface area contributed by atoms with Crippen LogP contribution in [0.2, 0.25) is 0 Å². The Kier molecular flexibility index (Phi) is 3.06. The van der Waals surface area contributed by atoms with Crippen molar-refractivity contribution in [3.05, 3.63) is 29.3 Å². The van der Waals surface area contributed by atoms with Gasteiger partial charge in [-0.25, -0.2) is 8.78 Å². The van der Waals surface area contributed by atoms with E-state index in [-0.39, 0.29) is 17.9 Å². The number of rotatable bonds is 3. The van der Waals surface area contributed by atoms with Crippen molar-refractivity contribution in [3.63, 3.8) is 0 Å². The van der Waals surface area contributed by atoms with Crippen molar-refractivity contribution < 1.29 is 13.5 Å². The predicted octanol–water partition coefficient (Wildman–Crippen LogP) is 2.27. The van der Waals surface area contributed by atoms with E-state index in [1.54, 1.807) is 12.1 Å². The van der Waals surface area contributed by atoms with Crippen LogP contribution >= 0.6 is 0 Å². The Balaban J connectivity index is 3.29. The standard InChI is InChI=1S/C10H13F2NO/c1-10(11,12)8-5-3-4-7(6-13)9(8)14-2/h3-5H,6,13H2,1-2H3. The lowest BCUT2D eigenvalue weighted by Gasteiger charge is -2.17. The lowest BCUT2D eigenvalue weighted by Crippen LogP contribution is -2.11. The highest BCUT2D eigenvalue weighted by Gasteiger charge is 2.29. The van der Waals surface area contributed by atoms with E-state index in [0.29, 0.717) is 5.56 Å². The third-order valence-electron chi connectivity index (χ3n) is 1.99. The molecule has 0 saturated carbocycles.